The van der Waals surface area contributed by atoms with E-state index in [2.05, 4.69) is 96.0 Å². The van der Waals surface area contributed by atoms with E-state index in [4.69, 9.17) is 15.2 Å². The number of fused-ring (bicyclic) bond motifs is 3. The second kappa shape index (κ2) is 14.2. The van der Waals surface area contributed by atoms with Gasteiger partial charge in [0.05, 0.1) is 31.8 Å². The second-order valence-electron chi connectivity index (χ2n) is 19.8. The van der Waals surface area contributed by atoms with Crippen molar-refractivity contribution in [1.82, 2.24) is 25.5 Å². The molecular weight excluding hydrogens is 653 g/mol. The van der Waals surface area contributed by atoms with E-state index in [1.807, 2.05) is 0 Å². The quantitative estimate of drug-likeness (QED) is 0.128. The molecule has 0 radical (unpaired) electrons. The van der Waals surface area contributed by atoms with Crippen LogP contribution < -0.4 is 11.1 Å². The highest BCUT2D eigenvalue weighted by atomic mass is 16.5. The molecule has 1 saturated heterocycles. The second-order valence-corrected chi connectivity index (χ2v) is 19.8. The van der Waals surface area contributed by atoms with Crippen molar-refractivity contribution in [2.45, 2.75) is 158 Å². The third-order valence-electron chi connectivity index (χ3n) is 16.5. The maximum absolute atomic E-state index is 13.5. The highest BCUT2D eigenvalue weighted by Crippen LogP contribution is 2.75. The Labute approximate surface area is 314 Å². The lowest BCUT2D eigenvalue weighted by Gasteiger charge is -2.71. The van der Waals surface area contributed by atoms with Crippen LogP contribution in [0.2, 0.25) is 0 Å². The summed E-state index contributed by atoms with van der Waals surface area (Å²) >= 11 is 0. The summed E-state index contributed by atoms with van der Waals surface area (Å²) < 4.78 is 14.0. The molecule has 1 aliphatic heterocycles. The lowest BCUT2D eigenvalue weighted by molar-refractivity contribution is -0.254. The molecule has 10 nitrogen and oxygen atoms in total. The first-order chi connectivity index (χ1) is 24.5. The van der Waals surface area contributed by atoms with Gasteiger partial charge in [-0.05, 0) is 110 Å². The number of hydrogen-bond acceptors (Lipinski definition) is 8. The summed E-state index contributed by atoms with van der Waals surface area (Å²) in [5.74, 6) is 0.541. The molecule has 4 N–H and O–H groups in total. The van der Waals surface area contributed by atoms with Crippen LogP contribution in [0.15, 0.2) is 11.6 Å². The number of aliphatic carboxylic acids is 1. The molecule has 1 unspecified atom stereocenters. The fourth-order valence-electron chi connectivity index (χ4n) is 13.2. The topological polar surface area (TPSA) is 137 Å². The van der Waals surface area contributed by atoms with Crippen LogP contribution in [0.4, 0.5) is 5.95 Å². The molecule has 6 rings (SSSR count). The molecule has 3 saturated carbocycles. The fourth-order valence-corrected chi connectivity index (χ4v) is 13.2. The van der Waals surface area contributed by atoms with E-state index in [1.54, 1.807) is 4.80 Å². The molecule has 1 aromatic heterocycles. The monoisotopic (exact) mass is 725 g/mol. The number of unbranched alkanes of at least 4 members (excludes halogenated alkanes) is 2. The molecule has 1 aromatic rings. The van der Waals surface area contributed by atoms with E-state index in [9.17, 15) is 9.90 Å². The SMILES string of the molecule is CCCCCC(C)(CO[C@H]1[C@H](n2nnc(N)n2)C[C@@]23COC[C@]1(C)[C@@H]2CC[C@H]1C3=CC[C@@]2(C)[C@H](C(=O)O)[C@@](C)([C@H](C)C(C)C)CC[C@]12C)NCCC. The third-order valence-corrected chi connectivity index (χ3v) is 16.5. The number of allylic oxidation sites excluding steroid dienone is 1. The van der Waals surface area contributed by atoms with Crippen LogP contribution in [0.3, 0.4) is 0 Å². The first kappa shape index (κ1) is 39.6. The molecule has 294 valence electrons. The van der Waals surface area contributed by atoms with Crippen LogP contribution >= 0.6 is 0 Å². The predicted molar refractivity (Wildman–Crippen MR) is 205 cm³/mol. The van der Waals surface area contributed by atoms with Crippen molar-refractivity contribution >= 4 is 11.9 Å². The summed E-state index contributed by atoms with van der Waals surface area (Å²) in [7, 11) is 0. The number of nitrogens with one attached hydrogen (secondary N) is 1. The molecular formula is C42H72N6O4. The van der Waals surface area contributed by atoms with Crippen LogP contribution in [0.1, 0.15) is 146 Å². The van der Waals surface area contributed by atoms with Crippen molar-refractivity contribution in [2.24, 2.45) is 56.7 Å². The first-order valence-electron chi connectivity index (χ1n) is 20.9. The maximum atomic E-state index is 13.5. The Hall–Kier alpha value is -2.04. The van der Waals surface area contributed by atoms with Gasteiger partial charge in [0.25, 0.3) is 5.95 Å². The molecule has 0 aromatic carbocycles. The summed E-state index contributed by atoms with van der Waals surface area (Å²) in [5.41, 5.74) is 6.23. The Bertz CT molecular complexity index is 1480. The molecule has 10 heteroatoms. The number of aromatic nitrogens is 4. The molecule has 0 amide bonds. The van der Waals surface area contributed by atoms with Gasteiger partial charge in [-0.3, -0.25) is 4.79 Å². The Morgan fingerprint density at radius 2 is 1.87 bits per heavy atom. The van der Waals surface area contributed by atoms with E-state index >= 15 is 0 Å². The zero-order chi connectivity index (χ0) is 37.9. The van der Waals surface area contributed by atoms with Gasteiger partial charge in [-0.2, -0.15) is 4.80 Å². The predicted octanol–water partition coefficient (Wildman–Crippen LogP) is 8.11. The molecule has 2 heterocycles. The van der Waals surface area contributed by atoms with Crippen LogP contribution in [0, 0.1) is 56.7 Å². The van der Waals surface area contributed by atoms with Gasteiger partial charge in [0.1, 0.15) is 6.04 Å². The summed E-state index contributed by atoms with van der Waals surface area (Å²) in [4.78, 5) is 15.3. The molecule has 5 aliphatic rings. The number of ether oxygens (including phenoxy) is 2. The molecule has 0 spiro atoms. The standard InChI is InChI=1S/C42H72N6O4/c1-11-13-14-18-37(6,44-22-12-2)24-52-34-31(48-46-36(43)45-47-48)23-42-26-51-25-39(34,8)32(42)16-15-29-30(42)17-19-41(10)33(35(49)50)38(7,28(5)27(3)4)20-21-40(29,41)9/h17,27-29,31-34,44H,11-16,18-26H2,1-10H3,(H2,43,46)(H,49,50)/t28-,29+,31-,32+,33-,34+,37?,38-,39-,40-,41+,42+/m1/s1. The smallest absolute Gasteiger partial charge is 0.307 e. The molecule has 2 bridgehead atoms. The third kappa shape index (κ3) is 6.07. The fraction of sp³-hybridized carbons (Fsp3) is 0.905. The van der Waals surface area contributed by atoms with Gasteiger partial charge < -0.3 is 25.6 Å². The number of carboxylic acid groups (broad SMARTS) is 1. The Balaban J connectivity index is 1.40. The van der Waals surface area contributed by atoms with Crippen molar-refractivity contribution in [3.63, 3.8) is 0 Å². The number of nitrogen functional groups attached to an aromatic ring is 1. The number of anilines is 1. The van der Waals surface area contributed by atoms with Crippen molar-refractivity contribution in [3.05, 3.63) is 11.6 Å². The highest BCUT2D eigenvalue weighted by molar-refractivity contribution is 5.73. The van der Waals surface area contributed by atoms with Crippen molar-refractivity contribution in [3.8, 4) is 0 Å². The van der Waals surface area contributed by atoms with E-state index < -0.39 is 11.9 Å². The number of nitrogens with zero attached hydrogens (tertiary/aromatic N) is 4. The molecule has 52 heavy (non-hydrogen) atoms. The van der Waals surface area contributed by atoms with Crippen LogP contribution in [-0.2, 0) is 14.3 Å². The van der Waals surface area contributed by atoms with Crippen molar-refractivity contribution < 1.29 is 19.4 Å². The zero-order valence-electron chi connectivity index (χ0n) is 34.3. The lowest BCUT2D eigenvalue weighted by atomic mass is 9.34. The average Bonchev–Trinajstić information content (AvgIpc) is 3.52. The Morgan fingerprint density at radius 1 is 1.12 bits per heavy atom. The number of nitrogens with two attached hydrogens (primary N) is 1. The molecule has 4 aliphatic carbocycles. The minimum atomic E-state index is -0.622. The van der Waals surface area contributed by atoms with Gasteiger partial charge in [0, 0.05) is 16.4 Å². The number of carboxylic acids is 1. The van der Waals surface area contributed by atoms with Gasteiger partial charge in [-0.25, -0.2) is 0 Å². The first-order valence-corrected chi connectivity index (χ1v) is 20.9. The van der Waals surface area contributed by atoms with Crippen LogP contribution in [-0.4, -0.2) is 69.3 Å². The van der Waals surface area contributed by atoms with Gasteiger partial charge in [0.15, 0.2) is 0 Å². The van der Waals surface area contributed by atoms with Gasteiger partial charge >= 0.3 is 5.97 Å². The van der Waals surface area contributed by atoms with Gasteiger partial charge in [-0.15, -0.1) is 5.10 Å². The highest BCUT2D eigenvalue weighted by Gasteiger charge is 2.72. The van der Waals surface area contributed by atoms with E-state index in [0.717, 1.165) is 57.9 Å². The number of rotatable bonds is 14. The minimum Gasteiger partial charge on any atom is -0.481 e. The van der Waals surface area contributed by atoms with E-state index in [-0.39, 0.29) is 50.7 Å². The summed E-state index contributed by atoms with van der Waals surface area (Å²) in [6, 6.07) is -0.157. The zero-order valence-corrected chi connectivity index (χ0v) is 34.3. The van der Waals surface area contributed by atoms with E-state index in [0.29, 0.717) is 43.5 Å². The average molecular weight is 725 g/mol. The normalized spacial score (nSPS) is 41.7. The number of tetrazole rings is 1. The van der Waals surface area contributed by atoms with Crippen molar-refractivity contribution in [2.75, 3.05) is 32.1 Å². The van der Waals surface area contributed by atoms with Crippen LogP contribution in [0.25, 0.3) is 0 Å². The summed E-state index contributed by atoms with van der Waals surface area (Å²) in [6.07, 6.45) is 13.7. The Kier molecular flexibility index (Phi) is 10.8. The van der Waals surface area contributed by atoms with Gasteiger partial charge in [-0.1, -0.05) is 98.3 Å². The number of hydrogen-bond donors (Lipinski definition) is 3. The van der Waals surface area contributed by atoms with Crippen LogP contribution in [0.5, 0.6) is 0 Å². The summed E-state index contributed by atoms with van der Waals surface area (Å²) in [6.45, 7) is 25.9. The summed E-state index contributed by atoms with van der Waals surface area (Å²) in [5, 5.41) is 28.3. The molecule has 4 fully saturated rings. The van der Waals surface area contributed by atoms with Crippen molar-refractivity contribution in [1.29, 1.82) is 0 Å². The maximum Gasteiger partial charge on any atom is 0.307 e. The van der Waals surface area contributed by atoms with Gasteiger partial charge in [0.2, 0.25) is 0 Å². The number of carbonyl (C=O) groups is 1. The Morgan fingerprint density at radius 3 is 2.50 bits per heavy atom. The largest absolute Gasteiger partial charge is 0.481 e. The lowest BCUT2D eigenvalue weighted by Crippen LogP contribution is -2.69. The minimum absolute atomic E-state index is 0.142. The molecule has 12 atom stereocenters. The van der Waals surface area contributed by atoms with E-state index in [1.165, 1.54) is 24.8 Å².